The first-order valence-electron chi connectivity index (χ1n) is 6.54. The maximum atomic E-state index is 12.5. The largest absolute Gasteiger partial charge is 1.00 e. The van der Waals surface area contributed by atoms with Gasteiger partial charge in [0.1, 0.15) is 5.69 Å². The Morgan fingerprint density at radius 1 is 1.08 bits per heavy atom. The summed E-state index contributed by atoms with van der Waals surface area (Å²) < 4.78 is 17.3. The van der Waals surface area contributed by atoms with E-state index in [1.54, 1.807) is 6.07 Å². The van der Waals surface area contributed by atoms with E-state index < -0.39 is 21.4 Å². The number of quaternary nitrogens is 1. The number of hydrogen-bond acceptors (Lipinski definition) is 7. The zero-order valence-electron chi connectivity index (χ0n) is 13.9. The van der Waals surface area contributed by atoms with Gasteiger partial charge in [-0.1, -0.05) is 0 Å². The molecule has 144 valence electrons. The molecule has 0 heterocycles. The van der Waals surface area contributed by atoms with E-state index in [0.717, 1.165) is 19.2 Å². The Balaban J connectivity index is 0. The summed E-state index contributed by atoms with van der Waals surface area (Å²) in [6, 6.07) is 7.77. The third kappa shape index (κ3) is 7.70. The number of aliphatic hydroxyl groups excluding tert-OH is 1. The van der Waals surface area contributed by atoms with E-state index in [1.807, 2.05) is 0 Å². The van der Waals surface area contributed by atoms with Crippen LogP contribution in [0.5, 0.6) is 5.75 Å². The van der Waals surface area contributed by atoms with Crippen molar-refractivity contribution >= 4 is 22.7 Å². The van der Waals surface area contributed by atoms with Crippen LogP contribution in [0.1, 0.15) is 0 Å². The van der Waals surface area contributed by atoms with Gasteiger partial charge in [-0.15, -0.1) is 0 Å². The van der Waals surface area contributed by atoms with Crippen LogP contribution in [-0.2, 0) is 0 Å². The molecule has 0 radical (unpaired) electrons. The molecule has 0 saturated carbocycles. The molecule has 12 heteroatoms. The number of methoxy groups -OCH3 is 1. The molecule has 0 atom stereocenters. The quantitative estimate of drug-likeness (QED) is 0.321. The number of ether oxygens (including phenoxy) is 1. The van der Waals surface area contributed by atoms with Crippen molar-refractivity contribution in [2.75, 3.05) is 20.0 Å². The van der Waals surface area contributed by atoms with Crippen LogP contribution in [-0.4, -0.2) is 29.2 Å². The predicted molar refractivity (Wildman–Crippen MR) is 87.8 cm³/mol. The Morgan fingerprint density at radius 3 is 2.04 bits per heavy atom. The number of nitrogen functional groups attached to an aromatic ring is 1. The zero-order chi connectivity index (χ0) is 19.6. The lowest BCUT2D eigenvalue weighted by Crippen LogP contribution is -3.00. The summed E-state index contributed by atoms with van der Waals surface area (Å²) in [5.41, 5.74) is 8.91. The number of nitro benzene ring substituents is 2. The minimum Gasteiger partial charge on any atom is -1.00 e. The Kier molecular flexibility index (Phi) is 12.0. The van der Waals surface area contributed by atoms with E-state index in [2.05, 4.69) is 5.73 Å². The number of nitrogens with zero attached hydrogens (tertiary/aromatic N) is 2. The van der Waals surface area contributed by atoms with Crippen molar-refractivity contribution in [3.05, 3.63) is 62.4 Å². The molecular weight excluding hydrogens is 375 g/mol. The molecule has 2 aromatic rings. The third-order valence-electron chi connectivity index (χ3n) is 2.61. The number of nitrogens with two attached hydrogens (primary N) is 1. The van der Waals surface area contributed by atoms with Crippen molar-refractivity contribution in [1.29, 1.82) is 0 Å². The number of hydrogen-bond donors (Lipinski definition) is 3. The van der Waals surface area contributed by atoms with Gasteiger partial charge in [0.25, 0.3) is 0 Å². The van der Waals surface area contributed by atoms with Gasteiger partial charge < -0.3 is 33.7 Å². The smallest absolute Gasteiger partial charge is 0.316 e. The van der Waals surface area contributed by atoms with Crippen molar-refractivity contribution < 1.29 is 42.2 Å². The molecule has 6 N–H and O–H groups in total. The Morgan fingerprint density at radius 2 is 1.62 bits per heavy atom. The molecule has 0 unspecified atom stereocenters. The summed E-state index contributed by atoms with van der Waals surface area (Å²) in [4.78, 5) is 19.2. The normalized spacial score (nSPS) is 8.65. The van der Waals surface area contributed by atoms with Gasteiger partial charge in [0, 0.05) is 24.9 Å². The second-order valence-electron chi connectivity index (χ2n) is 4.23. The summed E-state index contributed by atoms with van der Waals surface area (Å²) in [5.74, 6) is -0.614. The van der Waals surface area contributed by atoms with Gasteiger partial charge in [-0.3, -0.25) is 20.2 Å². The molecule has 2 aromatic carbocycles. The minimum atomic E-state index is -0.871. The molecular formula is C14H18ClFN4O6. The van der Waals surface area contributed by atoms with E-state index in [-0.39, 0.29) is 29.5 Å². The van der Waals surface area contributed by atoms with Crippen LogP contribution in [0.15, 0.2) is 36.4 Å². The van der Waals surface area contributed by atoms with Crippen molar-refractivity contribution in [1.82, 2.24) is 0 Å². The van der Waals surface area contributed by atoms with Crippen LogP contribution in [0.4, 0.5) is 27.1 Å². The topological polar surface area (TPSA) is 169 Å². The van der Waals surface area contributed by atoms with E-state index >= 15 is 0 Å². The maximum Gasteiger partial charge on any atom is 0.316 e. The standard InChI is InChI=1S/C7H8N2O3.C6H5FN2O2.CH4O.ClH/c1-12-7-3-2-5(8)4-6(7)9(10)11;7-5-2-1-4(8)3-6(5)9(10)11;1-2;/h2-4H,8H2,1H3;1-3H,8H2;2H,1H3;1H. The number of benzene rings is 2. The van der Waals surface area contributed by atoms with Gasteiger partial charge in [-0.05, 0) is 18.2 Å². The molecule has 0 bridgehead atoms. The van der Waals surface area contributed by atoms with Crippen LogP contribution in [0.25, 0.3) is 0 Å². The summed E-state index contributed by atoms with van der Waals surface area (Å²) in [7, 11) is 2.39. The number of nitro groups is 2. The fraction of sp³-hybridized carbons (Fsp3) is 0.143. The highest BCUT2D eigenvalue weighted by Crippen LogP contribution is 2.27. The third-order valence-corrected chi connectivity index (χ3v) is 2.61. The number of anilines is 1. The van der Waals surface area contributed by atoms with Gasteiger partial charge in [0.2, 0.25) is 5.82 Å². The fourth-order valence-corrected chi connectivity index (χ4v) is 1.55. The predicted octanol–water partition coefficient (Wildman–Crippen LogP) is -1.59. The number of halogens is 2. The molecule has 0 aliphatic rings. The Hall–Kier alpha value is -3.02. The molecule has 0 aromatic heterocycles. The maximum absolute atomic E-state index is 12.5. The summed E-state index contributed by atoms with van der Waals surface area (Å²) in [5, 5.41) is 27.5. The number of aliphatic hydroxyl groups is 1. The molecule has 0 spiro atoms. The second-order valence-corrected chi connectivity index (χ2v) is 4.23. The van der Waals surface area contributed by atoms with Crippen molar-refractivity contribution in [3.63, 3.8) is 0 Å². The molecule has 0 aliphatic carbocycles. The van der Waals surface area contributed by atoms with Crippen molar-refractivity contribution in [2.24, 2.45) is 0 Å². The average molecular weight is 393 g/mol. The first kappa shape index (κ1) is 25.2. The zero-order valence-corrected chi connectivity index (χ0v) is 14.6. The monoisotopic (exact) mass is 392 g/mol. The highest BCUT2D eigenvalue weighted by Gasteiger charge is 2.15. The van der Waals surface area contributed by atoms with Crippen molar-refractivity contribution in [2.45, 2.75) is 0 Å². The molecule has 26 heavy (non-hydrogen) atoms. The van der Waals surface area contributed by atoms with Crippen LogP contribution >= 0.6 is 0 Å². The second kappa shape index (κ2) is 12.4. The van der Waals surface area contributed by atoms with Crippen LogP contribution < -0.4 is 28.6 Å². The van der Waals surface area contributed by atoms with E-state index in [1.165, 1.54) is 25.3 Å². The van der Waals surface area contributed by atoms with Gasteiger partial charge in [0.05, 0.1) is 23.0 Å². The molecule has 0 fully saturated rings. The molecule has 0 saturated heterocycles. The van der Waals surface area contributed by atoms with Crippen LogP contribution in [0.3, 0.4) is 0 Å². The molecule has 0 aliphatic heterocycles. The first-order valence-corrected chi connectivity index (χ1v) is 6.54. The lowest BCUT2D eigenvalue weighted by Gasteiger charge is -1.99. The van der Waals surface area contributed by atoms with Crippen LogP contribution in [0.2, 0.25) is 0 Å². The SMILES string of the molecule is CO.COc1ccc([NH3+])cc1[N+](=O)[O-].Nc1ccc(F)c([N+](=O)[O-])c1.[Cl-]. The Labute approximate surface area is 153 Å². The average Bonchev–Trinajstić information content (AvgIpc) is 2.59. The van der Waals surface area contributed by atoms with E-state index in [4.69, 9.17) is 15.6 Å². The van der Waals surface area contributed by atoms with Crippen molar-refractivity contribution in [3.8, 4) is 5.75 Å². The van der Waals surface area contributed by atoms with Gasteiger partial charge in [-0.25, -0.2) is 0 Å². The highest BCUT2D eigenvalue weighted by molar-refractivity contribution is 5.52. The molecule has 0 amide bonds. The fourth-order valence-electron chi connectivity index (χ4n) is 1.55. The lowest BCUT2D eigenvalue weighted by molar-refractivity contribution is -0.387. The summed E-state index contributed by atoms with van der Waals surface area (Å²) in [6.07, 6.45) is 0. The van der Waals surface area contributed by atoms with E-state index in [0.29, 0.717) is 5.69 Å². The Bertz CT molecular complexity index is 747. The van der Waals surface area contributed by atoms with Crippen LogP contribution in [0, 0.1) is 26.0 Å². The molecule has 2 rings (SSSR count). The van der Waals surface area contributed by atoms with Gasteiger partial charge in [0.15, 0.2) is 5.75 Å². The first-order chi connectivity index (χ1) is 11.8. The summed E-state index contributed by atoms with van der Waals surface area (Å²) in [6.45, 7) is 0. The lowest BCUT2D eigenvalue weighted by atomic mass is 10.2. The highest BCUT2D eigenvalue weighted by atomic mass is 35.5. The molecule has 10 nitrogen and oxygen atoms in total. The minimum absolute atomic E-state index is 0. The number of rotatable bonds is 3. The van der Waals surface area contributed by atoms with Gasteiger partial charge in [-0.2, -0.15) is 4.39 Å². The van der Waals surface area contributed by atoms with E-state index in [9.17, 15) is 24.6 Å². The van der Waals surface area contributed by atoms with Gasteiger partial charge >= 0.3 is 11.4 Å². The summed E-state index contributed by atoms with van der Waals surface area (Å²) >= 11 is 0.